The van der Waals surface area contributed by atoms with Crippen molar-refractivity contribution in [2.75, 3.05) is 25.5 Å². The maximum atomic E-state index is 13.4. The number of nitrogens with zero attached hydrogens (tertiary/aromatic N) is 1. The van der Waals surface area contributed by atoms with Gasteiger partial charge in [0.25, 0.3) is 0 Å². The van der Waals surface area contributed by atoms with Gasteiger partial charge in [-0.1, -0.05) is 12.1 Å². The van der Waals surface area contributed by atoms with Crippen LogP contribution in [0.15, 0.2) is 24.3 Å². The Hall–Kier alpha value is -1.33. The lowest BCUT2D eigenvalue weighted by Gasteiger charge is -2.32. The summed E-state index contributed by atoms with van der Waals surface area (Å²) in [6, 6.07) is 6.29. The second kappa shape index (κ2) is 7.31. The molecule has 0 spiro atoms. The molecule has 1 saturated heterocycles. The van der Waals surface area contributed by atoms with Gasteiger partial charge in [-0.25, -0.2) is 9.18 Å². The lowest BCUT2D eigenvalue weighted by molar-refractivity contribution is 0.187. The van der Waals surface area contributed by atoms with Crippen LogP contribution in [0, 0.1) is 5.82 Å². The number of rotatable bonds is 2. The molecule has 1 fully saturated rings. The molecule has 6 heteroatoms. The van der Waals surface area contributed by atoms with Gasteiger partial charge in [0.15, 0.2) is 0 Å². The highest BCUT2D eigenvalue weighted by atomic mass is 35.5. The first kappa shape index (κ1) is 15.7. The Kier molecular flexibility index (Phi) is 6.05. The lowest BCUT2D eigenvalue weighted by atomic mass is 10.1. The Bertz CT molecular complexity index is 430. The van der Waals surface area contributed by atoms with E-state index < -0.39 is 5.82 Å². The zero-order valence-corrected chi connectivity index (χ0v) is 11.7. The van der Waals surface area contributed by atoms with Crippen LogP contribution in [0.2, 0.25) is 0 Å². The third kappa shape index (κ3) is 4.08. The minimum absolute atomic E-state index is 0. The molecule has 19 heavy (non-hydrogen) atoms. The molecule has 0 saturated carbocycles. The third-order valence-electron chi connectivity index (χ3n) is 3.23. The molecule has 106 valence electrons. The summed E-state index contributed by atoms with van der Waals surface area (Å²) in [5.74, 6) is -0.409. The first-order chi connectivity index (χ1) is 8.70. The summed E-state index contributed by atoms with van der Waals surface area (Å²) < 4.78 is 13.4. The summed E-state index contributed by atoms with van der Waals surface area (Å²) in [4.78, 5) is 13.7. The van der Waals surface area contributed by atoms with Crippen LogP contribution in [0.5, 0.6) is 0 Å². The monoisotopic (exact) mass is 287 g/mol. The van der Waals surface area contributed by atoms with E-state index in [1.807, 2.05) is 7.05 Å². The molecule has 2 N–H and O–H groups in total. The van der Waals surface area contributed by atoms with Crippen LogP contribution in [-0.4, -0.2) is 37.1 Å². The number of likely N-dealkylation sites (N-methyl/N-ethyl adjacent to an activating group) is 1. The molecule has 0 bridgehead atoms. The molecule has 0 aromatic heterocycles. The van der Waals surface area contributed by atoms with Crippen molar-refractivity contribution >= 4 is 24.1 Å². The molecule has 1 atom stereocenters. The predicted molar refractivity (Wildman–Crippen MR) is 76.3 cm³/mol. The Morgan fingerprint density at radius 3 is 2.84 bits per heavy atom. The fraction of sp³-hybridized carbons (Fsp3) is 0.462. The van der Waals surface area contributed by atoms with E-state index in [1.54, 1.807) is 23.1 Å². The van der Waals surface area contributed by atoms with Crippen molar-refractivity contribution in [3.63, 3.8) is 0 Å². The molecule has 1 aliphatic rings. The standard InChI is InChI=1S/C13H18FN3O.ClH/c1-15-10-5-4-8-17(9-10)13(18)16-12-7-3-2-6-11(12)14;/h2-3,6-7,10,15H,4-5,8-9H2,1H3,(H,16,18);1H/t10-;/m1./s1. The number of hydrogen-bond acceptors (Lipinski definition) is 2. The van der Waals surface area contributed by atoms with Crippen LogP contribution in [-0.2, 0) is 0 Å². The Balaban J connectivity index is 0.00000180. The van der Waals surface area contributed by atoms with Crippen LogP contribution in [0.3, 0.4) is 0 Å². The molecular formula is C13H19ClFN3O. The fourth-order valence-corrected chi connectivity index (χ4v) is 2.15. The van der Waals surface area contributed by atoms with E-state index in [0.29, 0.717) is 12.6 Å². The van der Waals surface area contributed by atoms with E-state index in [-0.39, 0.29) is 24.1 Å². The summed E-state index contributed by atoms with van der Waals surface area (Å²) >= 11 is 0. The second-order valence-corrected chi connectivity index (χ2v) is 4.48. The summed E-state index contributed by atoms with van der Waals surface area (Å²) in [5, 5.41) is 5.78. The van der Waals surface area contributed by atoms with Crippen LogP contribution in [0.25, 0.3) is 0 Å². The minimum atomic E-state index is -0.409. The van der Waals surface area contributed by atoms with Crippen molar-refractivity contribution in [3.8, 4) is 0 Å². The third-order valence-corrected chi connectivity index (χ3v) is 3.23. The summed E-state index contributed by atoms with van der Waals surface area (Å²) in [5.41, 5.74) is 0.231. The number of urea groups is 1. The van der Waals surface area contributed by atoms with E-state index >= 15 is 0 Å². The van der Waals surface area contributed by atoms with Crippen LogP contribution >= 0.6 is 12.4 Å². The topological polar surface area (TPSA) is 44.4 Å². The van der Waals surface area contributed by atoms with Crippen molar-refractivity contribution in [1.29, 1.82) is 0 Å². The molecule has 0 aliphatic carbocycles. The van der Waals surface area contributed by atoms with Gasteiger partial charge >= 0.3 is 6.03 Å². The quantitative estimate of drug-likeness (QED) is 0.878. The Morgan fingerprint density at radius 2 is 2.16 bits per heavy atom. The smallest absolute Gasteiger partial charge is 0.321 e. The van der Waals surface area contributed by atoms with Gasteiger partial charge in [0.2, 0.25) is 0 Å². The maximum absolute atomic E-state index is 13.4. The number of hydrogen-bond donors (Lipinski definition) is 2. The number of piperidine rings is 1. The average molecular weight is 288 g/mol. The van der Waals surface area contributed by atoms with Crippen molar-refractivity contribution < 1.29 is 9.18 Å². The van der Waals surface area contributed by atoms with Gasteiger partial charge in [0, 0.05) is 19.1 Å². The number of para-hydroxylation sites is 1. The lowest BCUT2D eigenvalue weighted by Crippen LogP contribution is -2.48. The highest BCUT2D eigenvalue weighted by Gasteiger charge is 2.22. The van der Waals surface area contributed by atoms with E-state index in [9.17, 15) is 9.18 Å². The van der Waals surface area contributed by atoms with Crippen LogP contribution in [0.4, 0.5) is 14.9 Å². The molecule has 0 unspecified atom stereocenters. The molecule has 1 aromatic rings. The van der Waals surface area contributed by atoms with Crippen LogP contribution in [0.1, 0.15) is 12.8 Å². The minimum Gasteiger partial charge on any atom is -0.323 e. The first-order valence-corrected chi connectivity index (χ1v) is 6.18. The molecular weight excluding hydrogens is 269 g/mol. The largest absolute Gasteiger partial charge is 0.323 e. The van der Waals surface area contributed by atoms with Crippen molar-refractivity contribution in [3.05, 3.63) is 30.1 Å². The number of likely N-dealkylation sites (tertiary alicyclic amines) is 1. The SMILES string of the molecule is CN[C@@H]1CCCN(C(=O)Nc2ccccc2F)C1.Cl. The van der Waals surface area contributed by atoms with Gasteiger partial charge in [0.1, 0.15) is 5.82 Å². The molecule has 0 radical (unpaired) electrons. The van der Waals surface area contributed by atoms with Gasteiger partial charge in [0.05, 0.1) is 5.69 Å². The Morgan fingerprint density at radius 1 is 1.42 bits per heavy atom. The van der Waals surface area contributed by atoms with E-state index in [2.05, 4.69) is 10.6 Å². The number of benzene rings is 1. The second-order valence-electron chi connectivity index (χ2n) is 4.48. The predicted octanol–water partition coefficient (Wildman–Crippen LogP) is 2.46. The van der Waals surface area contributed by atoms with E-state index in [4.69, 9.17) is 0 Å². The molecule has 1 aliphatic heterocycles. The summed E-state index contributed by atoms with van der Waals surface area (Å²) in [6.45, 7) is 1.38. The molecule has 2 amide bonds. The number of halogens is 2. The van der Waals surface area contributed by atoms with Gasteiger partial charge < -0.3 is 15.5 Å². The van der Waals surface area contributed by atoms with Gasteiger partial charge in [-0.15, -0.1) is 12.4 Å². The normalized spacial score (nSPS) is 18.6. The van der Waals surface area contributed by atoms with Crippen molar-refractivity contribution in [2.24, 2.45) is 0 Å². The maximum Gasteiger partial charge on any atom is 0.321 e. The van der Waals surface area contributed by atoms with Crippen molar-refractivity contribution in [2.45, 2.75) is 18.9 Å². The molecule has 1 aromatic carbocycles. The van der Waals surface area contributed by atoms with E-state index in [0.717, 1.165) is 19.4 Å². The first-order valence-electron chi connectivity index (χ1n) is 6.18. The number of carbonyl (C=O) groups is 1. The summed E-state index contributed by atoms with van der Waals surface area (Å²) in [6.07, 6.45) is 2.04. The van der Waals surface area contributed by atoms with Gasteiger partial charge in [-0.2, -0.15) is 0 Å². The van der Waals surface area contributed by atoms with Gasteiger partial charge in [-0.3, -0.25) is 0 Å². The van der Waals surface area contributed by atoms with Crippen LogP contribution < -0.4 is 10.6 Å². The van der Waals surface area contributed by atoms with Gasteiger partial charge in [-0.05, 0) is 32.0 Å². The number of nitrogens with one attached hydrogen (secondary N) is 2. The molecule has 4 nitrogen and oxygen atoms in total. The number of anilines is 1. The molecule has 1 heterocycles. The van der Waals surface area contributed by atoms with E-state index in [1.165, 1.54) is 6.07 Å². The Labute approximate surface area is 118 Å². The zero-order chi connectivity index (χ0) is 13.0. The molecule has 2 rings (SSSR count). The highest BCUT2D eigenvalue weighted by molar-refractivity contribution is 5.89. The number of carbonyl (C=O) groups excluding carboxylic acids is 1. The number of amides is 2. The fourth-order valence-electron chi connectivity index (χ4n) is 2.15. The highest BCUT2D eigenvalue weighted by Crippen LogP contribution is 2.15. The summed E-state index contributed by atoms with van der Waals surface area (Å²) in [7, 11) is 1.89. The average Bonchev–Trinajstić information content (AvgIpc) is 2.41. The van der Waals surface area contributed by atoms with Crippen molar-refractivity contribution in [1.82, 2.24) is 10.2 Å². The zero-order valence-electron chi connectivity index (χ0n) is 10.9.